The molecule has 0 bridgehead atoms. The van der Waals surface area contributed by atoms with Crippen LogP contribution < -0.4 is 0 Å². The van der Waals surface area contributed by atoms with Gasteiger partial charge in [0, 0.05) is 12.5 Å². The van der Waals surface area contributed by atoms with E-state index in [1.54, 1.807) is 4.90 Å². The van der Waals surface area contributed by atoms with E-state index in [9.17, 15) is 4.79 Å². The molecule has 5 heteroatoms. The van der Waals surface area contributed by atoms with E-state index >= 15 is 0 Å². The van der Waals surface area contributed by atoms with Gasteiger partial charge in [0.05, 0.1) is 19.2 Å². The summed E-state index contributed by atoms with van der Waals surface area (Å²) in [5.74, 6) is 0.0455. The van der Waals surface area contributed by atoms with Crippen LogP contribution in [0.5, 0.6) is 0 Å². The number of amides is 1. The SMILES string of the molecule is N#CC1CN(C(=O)OCC2c3ccccc3-c3ccccc32)CCO1. The molecule has 1 unspecified atom stereocenters. The van der Waals surface area contributed by atoms with Crippen LogP contribution in [0.3, 0.4) is 0 Å². The van der Waals surface area contributed by atoms with E-state index in [4.69, 9.17) is 14.7 Å². The van der Waals surface area contributed by atoms with Crippen molar-refractivity contribution in [2.24, 2.45) is 0 Å². The van der Waals surface area contributed by atoms with Gasteiger partial charge in [0.2, 0.25) is 0 Å². The van der Waals surface area contributed by atoms with E-state index in [1.807, 2.05) is 30.3 Å². The minimum atomic E-state index is -0.575. The van der Waals surface area contributed by atoms with Gasteiger partial charge in [-0.2, -0.15) is 5.26 Å². The molecule has 2 aromatic rings. The van der Waals surface area contributed by atoms with Gasteiger partial charge in [-0.1, -0.05) is 48.5 Å². The smallest absolute Gasteiger partial charge is 0.409 e. The third-order valence-corrected chi connectivity index (χ3v) is 4.80. The van der Waals surface area contributed by atoms with Crippen molar-refractivity contribution in [1.82, 2.24) is 4.90 Å². The zero-order valence-corrected chi connectivity index (χ0v) is 13.7. The minimum Gasteiger partial charge on any atom is -0.448 e. The monoisotopic (exact) mass is 334 g/mol. The molecule has 2 aromatic carbocycles. The van der Waals surface area contributed by atoms with Crippen molar-refractivity contribution in [2.45, 2.75) is 12.0 Å². The first-order chi connectivity index (χ1) is 12.3. The second-order valence-electron chi connectivity index (χ2n) is 6.24. The van der Waals surface area contributed by atoms with Gasteiger partial charge in [0.1, 0.15) is 6.61 Å². The number of carbonyl (C=O) groups is 1. The van der Waals surface area contributed by atoms with Crippen LogP contribution in [-0.2, 0) is 9.47 Å². The summed E-state index contributed by atoms with van der Waals surface area (Å²) < 4.78 is 10.9. The van der Waals surface area contributed by atoms with Gasteiger partial charge in [-0.05, 0) is 22.3 Å². The van der Waals surface area contributed by atoms with Crippen molar-refractivity contribution in [3.8, 4) is 17.2 Å². The first kappa shape index (κ1) is 15.7. The van der Waals surface area contributed by atoms with E-state index < -0.39 is 6.10 Å². The lowest BCUT2D eigenvalue weighted by molar-refractivity contribution is -0.00244. The number of carbonyl (C=O) groups excluding carboxylic acids is 1. The second kappa shape index (κ2) is 6.58. The summed E-state index contributed by atoms with van der Waals surface area (Å²) in [7, 11) is 0. The van der Waals surface area contributed by atoms with Gasteiger partial charge in [0.25, 0.3) is 0 Å². The van der Waals surface area contributed by atoms with Gasteiger partial charge in [-0.25, -0.2) is 4.79 Å². The zero-order valence-electron chi connectivity index (χ0n) is 13.7. The summed E-state index contributed by atoms with van der Waals surface area (Å²) in [4.78, 5) is 13.9. The Balaban J connectivity index is 1.50. The lowest BCUT2D eigenvalue weighted by Crippen LogP contribution is -2.45. The number of ether oxygens (including phenoxy) is 2. The van der Waals surface area contributed by atoms with Crippen molar-refractivity contribution in [2.75, 3.05) is 26.3 Å². The number of hydrogen-bond donors (Lipinski definition) is 0. The van der Waals surface area contributed by atoms with Gasteiger partial charge >= 0.3 is 6.09 Å². The van der Waals surface area contributed by atoms with E-state index in [1.165, 1.54) is 22.3 Å². The highest BCUT2D eigenvalue weighted by Gasteiger charge is 2.30. The topological polar surface area (TPSA) is 62.6 Å². The molecule has 0 radical (unpaired) electrons. The maximum Gasteiger partial charge on any atom is 0.409 e. The predicted octanol–water partition coefficient (Wildman–Crippen LogP) is 3.16. The summed E-state index contributed by atoms with van der Waals surface area (Å²) in [5, 5.41) is 8.96. The summed E-state index contributed by atoms with van der Waals surface area (Å²) in [6, 6.07) is 18.5. The molecule has 1 aliphatic carbocycles. The van der Waals surface area contributed by atoms with Crippen LogP contribution in [0.1, 0.15) is 17.0 Å². The second-order valence-corrected chi connectivity index (χ2v) is 6.24. The Morgan fingerprint density at radius 3 is 2.44 bits per heavy atom. The lowest BCUT2D eigenvalue weighted by atomic mass is 9.98. The van der Waals surface area contributed by atoms with Crippen molar-refractivity contribution >= 4 is 6.09 Å². The van der Waals surface area contributed by atoms with Crippen LogP contribution in [0.2, 0.25) is 0 Å². The standard InChI is InChI=1S/C20H18N2O3/c21-11-14-12-22(9-10-24-14)20(23)25-13-19-17-7-3-1-5-15(17)16-6-2-4-8-18(16)19/h1-8,14,19H,9-10,12-13H2. The molecular weight excluding hydrogens is 316 g/mol. The number of nitrogens with zero attached hydrogens (tertiary/aromatic N) is 2. The fourth-order valence-electron chi connectivity index (χ4n) is 3.58. The Kier molecular flexibility index (Phi) is 4.12. The van der Waals surface area contributed by atoms with Crippen molar-refractivity contribution in [3.05, 3.63) is 59.7 Å². The van der Waals surface area contributed by atoms with Gasteiger partial charge < -0.3 is 14.4 Å². The predicted molar refractivity (Wildman–Crippen MR) is 92.0 cm³/mol. The largest absolute Gasteiger partial charge is 0.448 e. The first-order valence-corrected chi connectivity index (χ1v) is 8.39. The average molecular weight is 334 g/mol. The summed E-state index contributed by atoms with van der Waals surface area (Å²) >= 11 is 0. The Morgan fingerprint density at radius 1 is 1.16 bits per heavy atom. The van der Waals surface area contributed by atoms with Crippen LogP contribution >= 0.6 is 0 Å². The molecule has 1 aliphatic heterocycles. The molecule has 25 heavy (non-hydrogen) atoms. The molecule has 0 N–H and O–H groups in total. The quantitative estimate of drug-likeness (QED) is 0.846. The van der Waals surface area contributed by atoms with Crippen LogP contribution in [0.4, 0.5) is 4.79 Å². The summed E-state index contributed by atoms with van der Waals surface area (Å²) in [6.45, 7) is 1.37. The fraction of sp³-hybridized carbons (Fsp3) is 0.300. The maximum atomic E-state index is 12.4. The molecule has 1 atom stereocenters. The van der Waals surface area contributed by atoms with Crippen LogP contribution in [0.25, 0.3) is 11.1 Å². The third-order valence-electron chi connectivity index (χ3n) is 4.80. The molecule has 2 aliphatic rings. The Labute approximate surface area is 146 Å². The van der Waals surface area contributed by atoms with Gasteiger partial charge in [0.15, 0.2) is 6.10 Å². The van der Waals surface area contributed by atoms with Crippen molar-refractivity contribution < 1.29 is 14.3 Å². The number of rotatable bonds is 2. The first-order valence-electron chi connectivity index (χ1n) is 8.39. The van der Waals surface area contributed by atoms with E-state index in [-0.39, 0.29) is 18.6 Å². The molecular formula is C20H18N2O3. The molecule has 126 valence electrons. The van der Waals surface area contributed by atoms with E-state index in [2.05, 4.69) is 24.3 Å². The van der Waals surface area contributed by atoms with E-state index in [0.717, 1.165) is 0 Å². The molecule has 1 heterocycles. The highest BCUT2D eigenvalue weighted by Crippen LogP contribution is 2.44. The molecule has 1 fully saturated rings. The number of nitriles is 1. The minimum absolute atomic E-state index is 0.0455. The maximum absolute atomic E-state index is 12.4. The molecule has 1 amide bonds. The number of benzene rings is 2. The van der Waals surface area contributed by atoms with E-state index in [0.29, 0.717) is 19.8 Å². The number of hydrogen-bond acceptors (Lipinski definition) is 4. The van der Waals surface area contributed by atoms with Crippen molar-refractivity contribution in [3.63, 3.8) is 0 Å². The van der Waals surface area contributed by atoms with Crippen LogP contribution in [-0.4, -0.2) is 43.4 Å². The summed E-state index contributed by atoms with van der Waals surface area (Å²) in [6.07, 6.45) is -0.959. The third kappa shape index (κ3) is 2.86. The molecule has 5 nitrogen and oxygen atoms in total. The molecule has 4 rings (SSSR count). The van der Waals surface area contributed by atoms with Crippen LogP contribution in [0, 0.1) is 11.3 Å². The Morgan fingerprint density at radius 2 is 1.80 bits per heavy atom. The average Bonchev–Trinajstić information content (AvgIpc) is 3.00. The molecule has 0 saturated carbocycles. The molecule has 0 spiro atoms. The van der Waals surface area contributed by atoms with Gasteiger partial charge in [-0.15, -0.1) is 0 Å². The lowest BCUT2D eigenvalue weighted by Gasteiger charge is -2.29. The Bertz CT molecular complexity index is 797. The normalized spacial score (nSPS) is 19.0. The number of fused-ring (bicyclic) bond motifs is 3. The molecule has 0 aromatic heterocycles. The van der Waals surface area contributed by atoms with Gasteiger partial charge in [-0.3, -0.25) is 0 Å². The highest BCUT2D eigenvalue weighted by molar-refractivity contribution is 5.79. The number of morpholine rings is 1. The Hall–Kier alpha value is -2.84. The fourth-order valence-corrected chi connectivity index (χ4v) is 3.58. The summed E-state index contributed by atoms with van der Waals surface area (Å²) in [5.41, 5.74) is 4.78. The highest BCUT2D eigenvalue weighted by atomic mass is 16.6. The molecule has 1 saturated heterocycles. The van der Waals surface area contributed by atoms with Crippen molar-refractivity contribution in [1.29, 1.82) is 5.26 Å². The van der Waals surface area contributed by atoms with Crippen LogP contribution in [0.15, 0.2) is 48.5 Å². The zero-order chi connectivity index (χ0) is 17.2.